The summed E-state index contributed by atoms with van der Waals surface area (Å²) in [6.07, 6.45) is -13.9. The van der Waals surface area contributed by atoms with Gasteiger partial charge in [-0.15, -0.1) is 0 Å². The molecule has 1 aromatic carbocycles. The van der Waals surface area contributed by atoms with E-state index >= 15 is 0 Å². The first-order chi connectivity index (χ1) is 18.1. The van der Waals surface area contributed by atoms with Crippen molar-refractivity contribution < 1.29 is 88.2 Å². The van der Waals surface area contributed by atoms with Gasteiger partial charge >= 0.3 is 53.8 Å². The summed E-state index contributed by atoms with van der Waals surface area (Å²) < 4.78 is 253. The zero-order chi connectivity index (χ0) is 33.9. The lowest BCUT2D eigenvalue weighted by molar-refractivity contribution is -0.456. The minimum Gasteiger partial charge on any atom is -0.318 e. The van der Waals surface area contributed by atoms with Crippen molar-refractivity contribution in [2.24, 2.45) is 0 Å². The molecule has 0 aromatic heterocycles. The van der Waals surface area contributed by atoms with E-state index in [9.17, 15) is 88.2 Å². The van der Waals surface area contributed by atoms with E-state index < -0.39 is 83.7 Å². The molecular formula is C21H14F19NO. The first-order valence-corrected chi connectivity index (χ1v) is 10.4. The van der Waals surface area contributed by atoms with Crippen molar-refractivity contribution in [3.05, 3.63) is 34.9 Å². The van der Waals surface area contributed by atoms with Gasteiger partial charge in [0.05, 0.1) is 0 Å². The van der Waals surface area contributed by atoms with Crippen molar-refractivity contribution in [2.75, 3.05) is 5.32 Å². The SMILES string of the molecule is Cc1cc(/C=C/C(C)(F)C(F)(F)C(F)(F)C(F)(F)C(F)(F)C(F)(F)C(F)(F)C(F)(F)F)cc(C)c1NC(=O)C(F)(F)F. The van der Waals surface area contributed by atoms with Crippen LogP contribution in [0.5, 0.6) is 0 Å². The number of halogens is 19. The molecule has 1 rings (SSSR count). The number of aryl methyl sites for hydroxylation is 2. The molecule has 0 saturated carbocycles. The van der Waals surface area contributed by atoms with Crippen molar-refractivity contribution in [1.82, 2.24) is 0 Å². The van der Waals surface area contributed by atoms with Gasteiger partial charge in [-0.25, -0.2) is 4.39 Å². The molecule has 0 spiro atoms. The number of carbonyl (C=O) groups excluding carboxylic acids is 1. The maximum atomic E-state index is 14.7. The van der Waals surface area contributed by atoms with Crippen LogP contribution in [0.25, 0.3) is 6.08 Å². The van der Waals surface area contributed by atoms with Gasteiger partial charge in [0.1, 0.15) is 0 Å². The summed E-state index contributed by atoms with van der Waals surface area (Å²) in [4.78, 5) is 11.1. The molecule has 1 N–H and O–H groups in total. The number of alkyl halides is 19. The molecular weight excluding hydrogens is 643 g/mol. The molecule has 0 bridgehead atoms. The van der Waals surface area contributed by atoms with E-state index in [-0.39, 0.29) is 17.2 Å². The van der Waals surface area contributed by atoms with Crippen LogP contribution in [-0.2, 0) is 4.79 Å². The van der Waals surface area contributed by atoms with E-state index in [4.69, 9.17) is 0 Å². The monoisotopic (exact) mass is 657 g/mol. The van der Waals surface area contributed by atoms with E-state index in [1.54, 1.807) is 0 Å². The van der Waals surface area contributed by atoms with Crippen LogP contribution in [0.1, 0.15) is 23.6 Å². The summed E-state index contributed by atoms with van der Waals surface area (Å²) in [5.41, 5.74) is -7.10. The lowest BCUT2D eigenvalue weighted by Crippen LogP contribution is -2.74. The van der Waals surface area contributed by atoms with Crippen LogP contribution in [0, 0.1) is 13.8 Å². The molecule has 1 atom stereocenters. The second-order valence-corrected chi connectivity index (χ2v) is 8.83. The predicted octanol–water partition coefficient (Wildman–Crippen LogP) is 8.92. The lowest BCUT2D eigenvalue weighted by Gasteiger charge is -2.43. The Kier molecular flexibility index (Phi) is 9.17. The van der Waals surface area contributed by atoms with Crippen molar-refractivity contribution in [3.63, 3.8) is 0 Å². The van der Waals surface area contributed by atoms with Crippen molar-refractivity contribution in [1.29, 1.82) is 0 Å². The number of amides is 1. The van der Waals surface area contributed by atoms with Gasteiger partial charge in [-0.05, 0) is 55.7 Å². The number of benzene rings is 1. The number of allylic oxidation sites excluding steroid dienone is 1. The Morgan fingerprint density at radius 3 is 1.26 bits per heavy atom. The number of rotatable bonds is 9. The van der Waals surface area contributed by atoms with Crippen molar-refractivity contribution >= 4 is 17.7 Å². The molecule has 0 aliphatic heterocycles. The van der Waals surface area contributed by atoms with E-state index in [1.807, 2.05) is 0 Å². The van der Waals surface area contributed by atoms with Crippen LogP contribution in [0.4, 0.5) is 89.1 Å². The number of anilines is 1. The number of hydrogen-bond donors (Lipinski definition) is 1. The first kappa shape index (κ1) is 37.1. The number of carbonyl (C=O) groups is 1. The smallest absolute Gasteiger partial charge is 0.318 e. The highest BCUT2D eigenvalue weighted by atomic mass is 19.4. The van der Waals surface area contributed by atoms with Crippen LogP contribution in [-0.4, -0.2) is 59.5 Å². The Balaban J connectivity index is 3.57. The van der Waals surface area contributed by atoms with Crippen LogP contribution in [0.3, 0.4) is 0 Å². The average Bonchev–Trinajstić information content (AvgIpc) is 2.77. The Labute approximate surface area is 221 Å². The molecule has 0 aliphatic rings. The zero-order valence-corrected chi connectivity index (χ0v) is 20.4. The van der Waals surface area contributed by atoms with E-state index in [1.165, 1.54) is 5.32 Å². The van der Waals surface area contributed by atoms with Crippen LogP contribution in [0.2, 0.25) is 0 Å². The summed E-state index contributed by atoms with van der Waals surface area (Å²) in [7, 11) is 0. The molecule has 242 valence electrons. The zero-order valence-electron chi connectivity index (χ0n) is 20.4. The maximum Gasteiger partial charge on any atom is 0.471 e. The highest BCUT2D eigenvalue weighted by Gasteiger charge is 2.94. The summed E-state index contributed by atoms with van der Waals surface area (Å²) in [5, 5.41) is 1.40. The molecule has 0 heterocycles. The Hall–Kier alpha value is -2.90. The van der Waals surface area contributed by atoms with Crippen LogP contribution in [0.15, 0.2) is 18.2 Å². The number of hydrogen-bond acceptors (Lipinski definition) is 1. The highest BCUT2D eigenvalue weighted by Crippen LogP contribution is 2.63. The minimum absolute atomic E-state index is 0.0298. The second-order valence-electron chi connectivity index (χ2n) is 8.83. The van der Waals surface area contributed by atoms with Gasteiger partial charge in [-0.1, -0.05) is 6.08 Å². The number of nitrogens with one attached hydrogen (secondary N) is 1. The van der Waals surface area contributed by atoms with Crippen LogP contribution < -0.4 is 5.32 Å². The standard InChI is InChI=1S/C21H14F19NO/c1-8-6-10(7-9(2)11(8)41-12(42)14(23,24)25)4-5-13(3,22)15(26,27)16(28,29)17(30,31)18(32,33)19(34,35)20(36,37)21(38,39)40/h4-7H,1-3H3,(H,41,42)/b5-4+. The predicted molar refractivity (Wildman–Crippen MR) is 105 cm³/mol. The van der Waals surface area contributed by atoms with Gasteiger partial charge in [0, 0.05) is 5.69 Å². The van der Waals surface area contributed by atoms with Crippen molar-refractivity contribution in [3.8, 4) is 0 Å². The summed E-state index contributed by atoms with van der Waals surface area (Å²) in [6, 6.07) is 1.34. The Morgan fingerprint density at radius 2 is 0.929 bits per heavy atom. The summed E-state index contributed by atoms with van der Waals surface area (Å²) in [5.74, 6) is -51.6. The Bertz CT molecular complexity index is 1180. The third kappa shape index (κ3) is 5.70. The molecule has 42 heavy (non-hydrogen) atoms. The molecule has 1 unspecified atom stereocenters. The molecule has 0 fully saturated rings. The molecule has 0 radical (unpaired) electrons. The fourth-order valence-corrected chi connectivity index (χ4v) is 3.11. The molecule has 0 saturated heterocycles. The highest BCUT2D eigenvalue weighted by molar-refractivity contribution is 5.96. The third-order valence-corrected chi connectivity index (χ3v) is 5.58. The largest absolute Gasteiger partial charge is 0.471 e. The Morgan fingerprint density at radius 1 is 0.595 bits per heavy atom. The van der Waals surface area contributed by atoms with E-state index in [0.29, 0.717) is 12.1 Å². The lowest BCUT2D eigenvalue weighted by atomic mass is 9.85. The molecule has 1 aromatic rings. The van der Waals surface area contributed by atoms with Gasteiger partial charge < -0.3 is 5.32 Å². The van der Waals surface area contributed by atoms with Crippen molar-refractivity contribution in [2.45, 2.75) is 74.3 Å². The maximum absolute atomic E-state index is 14.7. The van der Waals surface area contributed by atoms with Gasteiger partial charge in [0.2, 0.25) is 0 Å². The third-order valence-electron chi connectivity index (χ3n) is 5.58. The summed E-state index contributed by atoms with van der Waals surface area (Å²) >= 11 is 0. The molecule has 0 aliphatic carbocycles. The fraction of sp³-hybridized carbons (Fsp3) is 0.571. The van der Waals surface area contributed by atoms with Gasteiger partial charge in [0.15, 0.2) is 5.67 Å². The molecule has 1 amide bonds. The average molecular weight is 657 g/mol. The summed E-state index contributed by atoms with van der Waals surface area (Å²) in [6.45, 7) is 1.21. The normalized spacial score (nSPS) is 16.5. The van der Waals surface area contributed by atoms with Crippen LogP contribution >= 0.6 is 0 Å². The van der Waals surface area contributed by atoms with Gasteiger partial charge in [-0.3, -0.25) is 4.79 Å². The first-order valence-electron chi connectivity index (χ1n) is 10.4. The van der Waals surface area contributed by atoms with E-state index in [0.717, 1.165) is 13.8 Å². The molecule has 21 heteroatoms. The topological polar surface area (TPSA) is 29.1 Å². The van der Waals surface area contributed by atoms with Gasteiger partial charge in [-0.2, -0.15) is 79.0 Å². The molecule has 2 nitrogen and oxygen atoms in total. The minimum atomic E-state index is -8.59. The van der Waals surface area contributed by atoms with E-state index in [2.05, 4.69) is 0 Å². The fourth-order valence-electron chi connectivity index (χ4n) is 3.11. The quantitative estimate of drug-likeness (QED) is 0.264. The second kappa shape index (κ2) is 10.4. The van der Waals surface area contributed by atoms with Gasteiger partial charge in [0.25, 0.3) is 0 Å².